The number of aryl methyl sites for hydroxylation is 2. The Morgan fingerprint density at radius 1 is 1.31 bits per heavy atom. The normalized spacial score (nSPS) is 12.6. The third-order valence-electron chi connectivity index (χ3n) is 2.57. The third-order valence-corrected chi connectivity index (χ3v) is 3.51. The third kappa shape index (κ3) is 2.90. The van der Waals surface area contributed by atoms with Crippen LogP contribution in [0.15, 0.2) is 35.7 Å². The van der Waals surface area contributed by atoms with E-state index in [2.05, 4.69) is 22.5 Å². The van der Waals surface area contributed by atoms with Gasteiger partial charge in [0.25, 0.3) is 0 Å². The van der Waals surface area contributed by atoms with Gasteiger partial charge in [0, 0.05) is 16.6 Å². The van der Waals surface area contributed by atoms with E-state index in [0.717, 1.165) is 24.2 Å². The SMILES string of the molecule is Cc1cccc(C(N)CCc2cccs2)n1. The van der Waals surface area contributed by atoms with Gasteiger partial charge in [0.05, 0.1) is 5.69 Å². The van der Waals surface area contributed by atoms with Gasteiger partial charge >= 0.3 is 0 Å². The topological polar surface area (TPSA) is 38.9 Å². The molecule has 0 aromatic carbocycles. The second-order valence-corrected chi connectivity index (χ2v) is 4.96. The summed E-state index contributed by atoms with van der Waals surface area (Å²) < 4.78 is 0. The number of rotatable bonds is 4. The van der Waals surface area contributed by atoms with Crippen molar-refractivity contribution >= 4 is 11.3 Å². The number of nitrogens with two attached hydrogens (primary N) is 1. The number of pyridine rings is 1. The summed E-state index contributed by atoms with van der Waals surface area (Å²) in [5.41, 5.74) is 8.15. The monoisotopic (exact) mass is 232 g/mol. The molecule has 2 N–H and O–H groups in total. The zero-order valence-electron chi connectivity index (χ0n) is 9.39. The van der Waals surface area contributed by atoms with E-state index in [1.807, 2.05) is 25.1 Å². The standard InChI is InChI=1S/C13H16N2S/c1-10-4-2-6-13(15-10)12(14)8-7-11-5-3-9-16-11/h2-6,9,12H,7-8,14H2,1H3. The number of aromatic nitrogens is 1. The van der Waals surface area contributed by atoms with Gasteiger partial charge in [0.1, 0.15) is 0 Å². The minimum atomic E-state index is 0.0435. The Hall–Kier alpha value is -1.19. The minimum absolute atomic E-state index is 0.0435. The van der Waals surface area contributed by atoms with Gasteiger partial charge in [0.15, 0.2) is 0 Å². The lowest BCUT2D eigenvalue weighted by Gasteiger charge is -2.10. The van der Waals surface area contributed by atoms with E-state index in [4.69, 9.17) is 5.73 Å². The molecule has 0 aliphatic rings. The molecule has 2 rings (SSSR count). The Kier molecular flexibility index (Phi) is 3.70. The maximum atomic E-state index is 6.12. The number of hydrogen-bond acceptors (Lipinski definition) is 3. The highest BCUT2D eigenvalue weighted by Crippen LogP contribution is 2.17. The lowest BCUT2D eigenvalue weighted by atomic mass is 10.1. The van der Waals surface area contributed by atoms with Crippen LogP contribution in [0.3, 0.4) is 0 Å². The van der Waals surface area contributed by atoms with Gasteiger partial charge in [0.2, 0.25) is 0 Å². The molecule has 0 fully saturated rings. The average Bonchev–Trinajstić information content (AvgIpc) is 2.78. The molecule has 84 valence electrons. The zero-order chi connectivity index (χ0) is 11.4. The van der Waals surface area contributed by atoms with Gasteiger partial charge in [-0.15, -0.1) is 11.3 Å². The summed E-state index contributed by atoms with van der Waals surface area (Å²) in [6, 6.07) is 10.3. The molecule has 0 bridgehead atoms. The van der Waals surface area contributed by atoms with Crippen molar-refractivity contribution in [1.29, 1.82) is 0 Å². The van der Waals surface area contributed by atoms with E-state index in [0.29, 0.717) is 0 Å². The molecule has 1 atom stereocenters. The van der Waals surface area contributed by atoms with Gasteiger partial charge < -0.3 is 5.73 Å². The number of nitrogens with zero attached hydrogens (tertiary/aromatic N) is 1. The van der Waals surface area contributed by atoms with Crippen LogP contribution < -0.4 is 5.73 Å². The van der Waals surface area contributed by atoms with E-state index >= 15 is 0 Å². The maximum absolute atomic E-state index is 6.12. The Labute approximate surface area is 100 Å². The van der Waals surface area contributed by atoms with Gasteiger partial charge in [-0.3, -0.25) is 4.98 Å². The predicted molar refractivity (Wildman–Crippen MR) is 68.5 cm³/mol. The van der Waals surface area contributed by atoms with Crippen molar-refractivity contribution in [3.63, 3.8) is 0 Å². The molecule has 2 aromatic heterocycles. The van der Waals surface area contributed by atoms with Crippen LogP contribution in [0.1, 0.15) is 28.7 Å². The molecule has 0 saturated carbocycles. The van der Waals surface area contributed by atoms with Crippen molar-refractivity contribution in [3.05, 3.63) is 52.0 Å². The second-order valence-electron chi connectivity index (χ2n) is 3.93. The van der Waals surface area contributed by atoms with Gasteiger partial charge in [-0.2, -0.15) is 0 Å². The van der Waals surface area contributed by atoms with Crippen molar-refractivity contribution in [2.45, 2.75) is 25.8 Å². The molecule has 0 amide bonds. The van der Waals surface area contributed by atoms with Crippen LogP contribution in [0.5, 0.6) is 0 Å². The van der Waals surface area contributed by atoms with Crippen LogP contribution in [0.2, 0.25) is 0 Å². The molecule has 2 aromatic rings. The van der Waals surface area contributed by atoms with E-state index in [9.17, 15) is 0 Å². The van der Waals surface area contributed by atoms with Gasteiger partial charge in [-0.25, -0.2) is 0 Å². The van der Waals surface area contributed by atoms with Crippen LogP contribution in [0.4, 0.5) is 0 Å². The fourth-order valence-corrected chi connectivity index (χ4v) is 2.40. The number of hydrogen-bond donors (Lipinski definition) is 1. The summed E-state index contributed by atoms with van der Waals surface area (Å²) in [5, 5.41) is 2.10. The van der Waals surface area contributed by atoms with Crippen LogP contribution in [0.25, 0.3) is 0 Å². The molecule has 0 saturated heterocycles. The molecule has 2 nitrogen and oxygen atoms in total. The Bertz CT molecular complexity index is 437. The molecule has 16 heavy (non-hydrogen) atoms. The maximum Gasteiger partial charge on any atom is 0.0574 e. The lowest BCUT2D eigenvalue weighted by Crippen LogP contribution is -2.13. The first kappa shape index (κ1) is 11.3. The van der Waals surface area contributed by atoms with E-state index in [1.54, 1.807) is 11.3 Å². The highest BCUT2D eigenvalue weighted by molar-refractivity contribution is 7.09. The van der Waals surface area contributed by atoms with Crippen LogP contribution in [-0.2, 0) is 6.42 Å². The summed E-state index contributed by atoms with van der Waals surface area (Å²) in [5.74, 6) is 0. The van der Waals surface area contributed by atoms with Crippen molar-refractivity contribution in [2.24, 2.45) is 5.73 Å². The molecule has 1 unspecified atom stereocenters. The fraction of sp³-hybridized carbons (Fsp3) is 0.308. The Balaban J connectivity index is 1.95. The van der Waals surface area contributed by atoms with E-state index in [-0.39, 0.29) is 6.04 Å². The average molecular weight is 232 g/mol. The smallest absolute Gasteiger partial charge is 0.0574 e. The molecule has 2 heterocycles. The van der Waals surface area contributed by atoms with Crippen molar-refractivity contribution in [3.8, 4) is 0 Å². The molecular weight excluding hydrogens is 216 g/mol. The first-order chi connectivity index (χ1) is 7.75. The first-order valence-electron chi connectivity index (χ1n) is 5.47. The molecule has 0 aliphatic carbocycles. The Morgan fingerprint density at radius 3 is 2.88 bits per heavy atom. The minimum Gasteiger partial charge on any atom is -0.323 e. The quantitative estimate of drug-likeness (QED) is 0.879. The zero-order valence-corrected chi connectivity index (χ0v) is 10.2. The van der Waals surface area contributed by atoms with Gasteiger partial charge in [-0.1, -0.05) is 12.1 Å². The van der Waals surface area contributed by atoms with Crippen LogP contribution >= 0.6 is 11.3 Å². The summed E-state index contributed by atoms with van der Waals surface area (Å²) in [4.78, 5) is 5.84. The van der Waals surface area contributed by atoms with Crippen molar-refractivity contribution in [1.82, 2.24) is 4.98 Å². The molecule has 3 heteroatoms. The van der Waals surface area contributed by atoms with Crippen LogP contribution in [-0.4, -0.2) is 4.98 Å². The largest absolute Gasteiger partial charge is 0.323 e. The van der Waals surface area contributed by atoms with Crippen molar-refractivity contribution in [2.75, 3.05) is 0 Å². The Morgan fingerprint density at radius 2 is 2.19 bits per heavy atom. The van der Waals surface area contributed by atoms with E-state index in [1.165, 1.54) is 4.88 Å². The predicted octanol–water partition coefficient (Wildman–Crippen LogP) is 3.08. The molecule has 0 aliphatic heterocycles. The highest BCUT2D eigenvalue weighted by atomic mass is 32.1. The van der Waals surface area contributed by atoms with Gasteiger partial charge in [-0.05, 0) is 43.3 Å². The fourth-order valence-electron chi connectivity index (χ4n) is 1.67. The van der Waals surface area contributed by atoms with Crippen molar-refractivity contribution < 1.29 is 0 Å². The molecule has 0 radical (unpaired) electrons. The molecular formula is C13H16N2S. The lowest BCUT2D eigenvalue weighted by molar-refractivity contribution is 0.635. The molecule has 0 spiro atoms. The van der Waals surface area contributed by atoms with E-state index < -0.39 is 0 Å². The summed E-state index contributed by atoms with van der Waals surface area (Å²) in [6.07, 6.45) is 1.99. The highest BCUT2D eigenvalue weighted by Gasteiger charge is 2.07. The number of thiophene rings is 1. The first-order valence-corrected chi connectivity index (χ1v) is 6.35. The summed E-state index contributed by atoms with van der Waals surface area (Å²) in [6.45, 7) is 2.00. The summed E-state index contributed by atoms with van der Waals surface area (Å²) >= 11 is 1.79. The van der Waals surface area contributed by atoms with Crippen LogP contribution in [0, 0.1) is 6.92 Å². The summed E-state index contributed by atoms with van der Waals surface area (Å²) in [7, 11) is 0. The second kappa shape index (κ2) is 5.23.